The van der Waals surface area contributed by atoms with Crippen molar-refractivity contribution in [1.82, 2.24) is 0 Å². The van der Waals surface area contributed by atoms with Gasteiger partial charge >= 0.3 is 5.97 Å². The van der Waals surface area contributed by atoms with Crippen molar-refractivity contribution >= 4 is 27.3 Å². The molecule has 0 bridgehead atoms. The van der Waals surface area contributed by atoms with Gasteiger partial charge in [-0.25, -0.2) is 17.6 Å². The predicted molar refractivity (Wildman–Crippen MR) is 89.9 cm³/mol. The quantitative estimate of drug-likeness (QED) is 0.783. The van der Waals surface area contributed by atoms with Crippen molar-refractivity contribution in [3.63, 3.8) is 0 Å². The van der Waals surface area contributed by atoms with Crippen LogP contribution in [0.3, 0.4) is 0 Å². The van der Waals surface area contributed by atoms with Gasteiger partial charge in [-0.15, -0.1) is 0 Å². The Morgan fingerprint density at radius 3 is 2.67 bits per heavy atom. The third-order valence-electron chi connectivity index (χ3n) is 4.49. The molecular formula is C17H20FNO4S. The molecule has 24 heavy (non-hydrogen) atoms. The highest BCUT2D eigenvalue weighted by Gasteiger charge is 2.31. The lowest BCUT2D eigenvalue weighted by molar-refractivity contribution is 0.0595. The van der Waals surface area contributed by atoms with Crippen molar-refractivity contribution in [3.8, 4) is 0 Å². The standard InChI is InChI=1S/C17H20FNO4S/c1-23-17(20)14-10-13(12-6-2-3-7-12)11-15(16(14)18)19-8-4-5-9-24(19,21)22/h6,10-11H,2-5,7-9H2,1H3. The zero-order chi connectivity index (χ0) is 17.3. The van der Waals surface area contributed by atoms with E-state index in [1.54, 1.807) is 6.07 Å². The van der Waals surface area contributed by atoms with Crippen LogP contribution in [0.15, 0.2) is 18.2 Å². The molecule has 1 saturated heterocycles. The number of esters is 1. The third-order valence-corrected chi connectivity index (χ3v) is 6.34. The van der Waals surface area contributed by atoms with Gasteiger partial charge < -0.3 is 4.74 Å². The predicted octanol–water partition coefficient (Wildman–Crippen LogP) is 3.11. The molecule has 1 fully saturated rings. The average molecular weight is 353 g/mol. The molecule has 1 aliphatic heterocycles. The second-order valence-electron chi connectivity index (χ2n) is 6.07. The Labute approximate surface area is 141 Å². The minimum atomic E-state index is -3.57. The number of hydrogen-bond acceptors (Lipinski definition) is 4. The van der Waals surface area contributed by atoms with Gasteiger partial charge in [0.1, 0.15) is 0 Å². The number of methoxy groups -OCH3 is 1. The van der Waals surface area contributed by atoms with E-state index in [1.165, 1.54) is 13.2 Å². The smallest absolute Gasteiger partial charge is 0.340 e. The highest BCUT2D eigenvalue weighted by Crippen LogP contribution is 2.35. The highest BCUT2D eigenvalue weighted by molar-refractivity contribution is 7.92. The van der Waals surface area contributed by atoms with Crippen LogP contribution in [-0.4, -0.2) is 33.8 Å². The largest absolute Gasteiger partial charge is 0.465 e. The van der Waals surface area contributed by atoms with E-state index in [1.807, 2.05) is 6.08 Å². The molecule has 2 aliphatic rings. The first-order chi connectivity index (χ1) is 11.4. The summed E-state index contributed by atoms with van der Waals surface area (Å²) in [6.07, 6.45) is 6.03. The highest BCUT2D eigenvalue weighted by atomic mass is 32.2. The zero-order valence-corrected chi connectivity index (χ0v) is 14.4. The summed E-state index contributed by atoms with van der Waals surface area (Å²) in [6, 6.07) is 3.00. The first-order valence-electron chi connectivity index (χ1n) is 8.06. The summed E-state index contributed by atoms with van der Waals surface area (Å²) in [5.41, 5.74) is 1.42. The molecule has 0 saturated carbocycles. The molecule has 1 aromatic carbocycles. The minimum Gasteiger partial charge on any atom is -0.465 e. The van der Waals surface area contributed by atoms with Crippen LogP contribution < -0.4 is 4.31 Å². The van der Waals surface area contributed by atoms with Crippen LogP contribution in [0.25, 0.3) is 5.57 Å². The molecule has 130 valence electrons. The Kier molecular flexibility index (Phi) is 4.62. The van der Waals surface area contributed by atoms with Crippen LogP contribution in [0.4, 0.5) is 10.1 Å². The van der Waals surface area contributed by atoms with Crippen molar-refractivity contribution in [2.24, 2.45) is 0 Å². The van der Waals surface area contributed by atoms with E-state index in [9.17, 15) is 17.6 Å². The number of hydrogen-bond donors (Lipinski definition) is 0. The van der Waals surface area contributed by atoms with Crippen LogP contribution >= 0.6 is 0 Å². The number of rotatable bonds is 3. The maximum atomic E-state index is 14.9. The Hall–Kier alpha value is -1.89. The molecule has 1 aromatic rings. The van der Waals surface area contributed by atoms with Crippen LogP contribution in [0.5, 0.6) is 0 Å². The summed E-state index contributed by atoms with van der Waals surface area (Å²) in [5, 5.41) is 0. The van der Waals surface area contributed by atoms with Crippen molar-refractivity contribution < 1.29 is 22.3 Å². The zero-order valence-electron chi connectivity index (χ0n) is 13.5. The molecule has 3 rings (SSSR count). The molecule has 0 atom stereocenters. The van der Waals surface area contributed by atoms with Gasteiger partial charge in [-0.05, 0) is 55.4 Å². The first kappa shape index (κ1) is 17.0. The molecule has 0 spiro atoms. The van der Waals surface area contributed by atoms with Crippen molar-refractivity contribution in [2.75, 3.05) is 23.7 Å². The normalized spacial score (nSPS) is 19.9. The SMILES string of the molecule is COC(=O)c1cc(C2=CCCC2)cc(N2CCCCS2(=O)=O)c1F. The molecule has 1 aliphatic carbocycles. The van der Waals surface area contributed by atoms with Gasteiger partial charge in [0.15, 0.2) is 5.82 Å². The van der Waals surface area contributed by atoms with Crippen molar-refractivity contribution in [2.45, 2.75) is 32.1 Å². The fraction of sp³-hybridized carbons (Fsp3) is 0.471. The molecule has 1 heterocycles. The maximum Gasteiger partial charge on any atom is 0.340 e. The summed E-state index contributed by atoms with van der Waals surface area (Å²) in [4.78, 5) is 11.9. The van der Waals surface area contributed by atoms with Gasteiger partial charge in [0.2, 0.25) is 10.0 Å². The molecule has 0 amide bonds. The lowest BCUT2D eigenvalue weighted by Crippen LogP contribution is -2.38. The van der Waals surface area contributed by atoms with Gasteiger partial charge in [-0.1, -0.05) is 6.08 Å². The van der Waals surface area contributed by atoms with Gasteiger partial charge in [0.05, 0.1) is 24.1 Å². The summed E-state index contributed by atoms with van der Waals surface area (Å²) >= 11 is 0. The summed E-state index contributed by atoms with van der Waals surface area (Å²) in [6.45, 7) is 0.225. The van der Waals surface area contributed by atoms with Gasteiger partial charge in [-0.3, -0.25) is 4.31 Å². The van der Waals surface area contributed by atoms with Crippen LogP contribution in [-0.2, 0) is 14.8 Å². The van der Waals surface area contributed by atoms with Gasteiger partial charge in [0, 0.05) is 6.54 Å². The Balaban J connectivity index is 2.16. The number of benzene rings is 1. The molecule has 5 nitrogen and oxygen atoms in total. The first-order valence-corrected chi connectivity index (χ1v) is 9.66. The lowest BCUT2D eigenvalue weighted by atomic mass is 10.0. The number of sulfonamides is 1. The molecule has 0 unspecified atom stereocenters. The fourth-order valence-corrected chi connectivity index (χ4v) is 4.86. The number of halogens is 1. The minimum absolute atomic E-state index is 0.00702. The Morgan fingerprint density at radius 2 is 2.04 bits per heavy atom. The number of ether oxygens (including phenoxy) is 1. The van der Waals surface area contributed by atoms with Gasteiger partial charge in [-0.2, -0.15) is 0 Å². The summed E-state index contributed by atoms with van der Waals surface area (Å²) < 4.78 is 45.3. The van der Waals surface area contributed by atoms with E-state index in [0.29, 0.717) is 18.4 Å². The number of allylic oxidation sites excluding steroid dienone is 2. The van der Waals surface area contributed by atoms with Gasteiger partial charge in [0.25, 0.3) is 0 Å². The number of carbonyl (C=O) groups excluding carboxylic acids is 1. The second kappa shape index (κ2) is 6.55. The number of anilines is 1. The van der Waals surface area contributed by atoms with Crippen molar-refractivity contribution in [3.05, 3.63) is 35.2 Å². The van der Waals surface area contributed by atoms with E-state index in [2.05, 4.69) is 4.74 Å². The number of carbonyl (C=O) groups is 1. The lowest BCUT2D eigenvalue weighted by Gasteiger charge is -2.29. The summed E-state index contributed by atoms with van der Waals surface area (Å²) in [5.74, 6) is -1.65. The second-order valence-corrected chi connectivity index (χ2v) is 8.08. The molecule has 0 N–H and O–H groups in total. The van der Waals surface area contributed by atoms with E-state index < -0.39 is 21.8 Å². The van der Waals surface area contributed by atoms with Crippen molar-refractivity contribution in [1.29, 1.82) is 0 Å². The maximum absolute atomic E-state index is 14.9. The molecule has 0 radical (unpaired) electrons. The average Bonchev–Trinajstić information content (AvgIpc) is 3.09. The molecule has 0 aromatic heterocycles. The van der Waals surface area contributed by atoms with E-state index in [4.69, 9.17) is 0 Å². The van der Waals surface area contributed by atoms with Crippen LogP contribution in [0.1, 0.15) is 48.0 Å². The molecular weight excluding hydrogens is 333 g/mol. The summed E-state index contributed by atoms with van der Waals surface area (Å²) in [7, 11) is -2.39. The number of nitrogens with zero attached hydrogens (tertiary/aromatic N) is 1. The van der Waals surface area contributed by atoms with E-state index >= 15 is 0 Å². The fourth-order valence-electron chi connectivity index (χ4n) is 3.23. The van der Waals surface area contributed by atoms with E-state index in [0.717, 1.165) is 29.1 Å². The van der Waals surface area contributed by atoms with Crippen LogP contribution in [0, 0.1) is 5.82 Å². The monoisotopic (exact) mass is 353 g/mol. The third kappa shape index (κ3) is 3.05. The Bertz CT molecular complexity index is 801. The van der Waals surface area contributed by atoms with Crippen LogP contribution in [0.2, 0.25) is 0 Å². The van der Waals surface area contributed by atoms with E-state index in [-0.39, 0.29) is 23.5 Å². The molecule has 7 heteroatoms. The topological polar surface area (TPSA) is 63.7 Å². The Morgan fingerprint density at radius 1 is 1.25 bits per heavy atom.